The summed E-state index contributed by atoms with van der Waals surface area (Å²) in [5, 5.41) is 3.69. The molecule has 0 fully saturated rings. The van der Waals surface area contributed by atoms with Crippen molar-refractivity contribution in [3.63, 3.8) is 0 Å². The minimum Gasteiger partial charge on any atom is -0.478 e. The Morgan fingerprint density at radius 3 is 2.73 bits per heavy atom. The molecule has 0 bridgehead atoms. The monoisotopic (exact) mass is 326 g/mol. The molecule has 2 rings (SSSR count). The van der Waals surface area contributed by atoms with Crippen molar-refractivity contribution in [1.82, 2.24) is 15.1 Å². The van der Waals surface area contributed by atoms with Crippen molar-refractivity contribution in [2.75, 3.05) is 25.6 Å². The van der Waals surface area contributed by atoms with Crippen molar-refractivity contribution >= 4 is 15.8 Å². The van der Waals surface area contributed by atoms with Crippen LogP contribution in [0.4, 0.5) is 5.95 Å². The summed E-state index contributed by atoms with van der Waals surface area (Å²) >= 11 is 0. The fourth-order valence-corrected chi connectivity index (χ4v) is 3.03. The molecule has 0 aromatic carbocycles. The largest absolute Gasteiger partial charge is 0.478 e. The van der Waals surface area contributed by atoms with Gasteiger partial charge in [-0.3, -0.25) is 0 Å². The molecule has 0 amide bonds. The number of ether oxygens (including phenoxy) is 1. The summed E-state index contributed by atoms with van der Waals surface area (Å²) in [5.41, 5.74) is 0.603. The third-order valence-corrected chi connectivity index (χ3v) is 4.14. The molecule has 0 spiro atoms. The van der Waals surface area contributed by atoms with Gasteiger partial charge in [0.25, 0.3) is 5.95 Å². The molecular formula is C13H18N4O4S. The number of aromatic nitrogens is 3. The summed E-state index contributed by atoms with van der Waals surface area (Å²) in [5.74, 6) is 0.369. The highest BCUT2D eigenvalue weighted by Crippen LogP contribution is 2.16. The van der Waals surface area contributed by atoms with E-state index in [9.17, 15) is 8.42 Å². The lowest BCUT2D eigenvalue weighted by Crippen LogP contribution is -2.11. The zero-order valence-corrected chi connectivity index (χ0v) is 13.5. The molecule has 22 heavy (non-hydrogen) atoms. The van der Waals surface area contributed by atoms with E-state index in [-0.39, 0.29) is 17.4 Å². The number of anilines is 1. The lowest BCUT2D eigenvalue weighted by atomic mass is 10.3. The van der Waals surface area contributed by atoms with Gasteiger partial charge in [0.1, 0.15) is 5.75 Å². The summed E-state index contributed by atoms with van der Waals surface area (Å²) in [6.45, 7) is 2.31. The molecule has 2 aromatic rings. The topological polar surface area (TPSA) is 98.4 Å². The zero-order valence-electron chi connectivity index (χ0n) is 12.7. The highest BCUT2D eigenvalue weighted by Gasteiger charge is 2.19. The number of nitrogens with zero attached hydrogens (tertiary/aromatic N) is 4. The smallest absolute Gasteiger partial charge is 0.265 e. The Labute approximate surface area is 129 Å². The second-order valence-electron chi connectivity index (χ2n) is 4.85. The summed E-state index contributed by atoms with van der Waals surface area (Å²) in [6.07, 6.45) is 1.52. The van der Waals surface area contributed by atoms with Gasteiger partial charge < -0.3 is 14.2 Å². The Hall–Kier alpha value is -2.16. The SMILES string of the molecule is CCOc1cc(CS(=O)(=O)Cc2nc(N(C)C)no2)ccn1. The van der Waals surface area contributed by atoms with Gasteiger partial charge in [-0.15, -0.1) is 0 Å². The highest BCUT2D eigenvalue weighted by molar-refractivity contribution is 7.89. The first-order chi connectivity index (χ1) is 10.4. The Morgan fingerprint density at radius 1 is 1.32 bits per heavy atom. The molecule has 0 saturated heterocycles. The van der Waals surface area contributed by atoms with Crippen LogP contribution >= 0.6 is 0 Å². The summed E-state index contributed by atoms with van der Waals surface area (Å²) in [7, 11) is 0.0609. The maximum atomic E-state index is 12.2. The van der Waals surface area contributed by atoms with Gasteiger partial charge in [0, 0.05) is 26.4 Å². The molecule has 0 N–H and O–H groups in total. The zero-order chi connectivity index (χ0) is 16.2. The van der Waals surface area contributed by atoms with Crippen LogP contribution < -0.4 is 9.64 Å². The van der Waals surface area contributed by atoms with Crippen molar-refractivity contribution < 1.29 is 17.7 Å². The molecule has 9 heteroatoms. The molecule has 0 radical (unpaired) electrons. The van der Waals surface area contributed by atoms with E-state index in [0.29, 0.717) is 24.0 Å². The average molecular weight is 326 g/mol. The van der Waals surface area contributed by atoms with Crippen LogP contribution in [0.3, 0.4) is 0 Å². The summed E-state index contributed by atoms with van der Waals surface area (Å²) in [6, 6.07) is 3.25. The Bertz CT molecular complexity index is 727. The quantitative estimate of drug-likeness (QED) is 0.744. The molecule has 0 unspecified atom stereocenters. The van der Waals surface area contributed by atoms with Gasteiger partial charge in [0.15, 0.2) is 9.84 Å². The predicted molar refractivity (Wildman–Crippen MR) is 80.4 cm³/mol. The van der Waals surface area contributed by atoms with Crippen LogP contribution in [0.1, 0.15) is 18.4 Å². The molecule has 0 aliphatic carbocycles. The Kier molecular flexibility index (Phi) is 4.96. The maximum Gasteiger partial charge on any atom is 0.265 e. The van der Waals surface area contributed by atoms with E-state index in [2.05, 4.69) is 15.1 Å². The minimum atomic E-state index is -3.43. The Morgan fingerprint density at radius 2 is 2.09 bits per heavy atom. The number of rotatable bonds is 7. The summed E-state index contributed by atoms with van der Waals surface area (Å²) in [4.78, 5) is 9.65. The van der Waals surface area contributed by atoms with Crippen LogP contribution in [0.15, 0.2) is 22.9 Å². The van der Waals surface area contributed by atoms with Crippen molar-refractivity contribution in [3.05, 3.63) is 29.8 Å². The van der Waals surface area contributed by atoms with Crippen molar-refractivity contribution in [2.24, 2.45) is 0 Å². The molecule has 2 heterocycles. The van der Waals surface area contributed by atoms with Crippen LogP contribution in [0.2, 0.25) is 0 Å². The van der Waals surface area contributed by atoms with Crippen molar-refractivity contribution in [1.29, 1.82) is 0 Å². The molecule has 0 atom stereocenters. The van der Waals surface area contributed by atoms with E-state index in [1.807, 2.05) is 6.92 Å². The summed E-state index contributed by atoms with van der Waals surface area (Å²) < 4.78 is 34.6. The number of sulfone groups is 1. The Balaban J connectivity index is 2.08. The predicted octanol–water partition coefficient (Wildman–Crippen LogP) is 1.04. The number of pyridine rings is 1. The van der Waals surface area contributed by atoms with E-state index >= 15 is 0 Å². The molecule has 0 saturated carbocycles. The van der Waals surface area contributed by atoms with Crippen LogP contribution in [0.25, 0.3) is 0 Å². The maximum absolute atomic E-state index is 12.2. The normalized spacial score (nSPS) is 11.4. The first-order valence-electron chi connectivity index (χ1n) is 6.67. The number of hydrogen-bond acceptors (Lipinski definition) is 8. The van der Waals surface area contributed by atoms with Crippen molar-refractivity contribution in [2.45, 2.75) is 18.4 Å². The second-order valence-corrected chi connectivity index (χ2v) is 6.91. The highest BCUT2D eigenvalue weighted by atomic mass is 32.2. The van der Waals surface area contributed by atoms with Gasteiger partial charge in [-0.1, -0.05) is 0 Å². The third kappa shape index (κ3) is 4.42. The van der Waals surface area contributed by atoms with Gasteiger partial charge in [0.05, 0.1) is 12.4 Å². The van der Waals surface area contributed by atoms with E-state index in [4.69, 9.17) is 9.26 Å². The molecule has 0 aliphatic heterocycles. The average Bonchev–Trinajstić information content (AvgIpc) is 2.86. The van der Waals surface area contributed by atoms with Crippen molar-refractivity contribution in [3.8, 4) is 5.88 Å². The lowest BCUT2D eigenvalue weighted by Gasteiger charge is -2.05. The second kappa shape index (κ2) is 6.73. The van der Waals surface area contributed by atoms with Gasteiger partial charge in [-0.05, 0) is 23.7 Å². The fourth-order valence-electron chi connectivity index (χ4n) is 1.75. The van der Waals surface area contributed by atoms with Crippen LogP contribution in [0.5, 0.6) is 5.88 Å². The standard InChI is InChI=1S/C13H18N4O4S/c1-4-20-11-7-10(5-6-14-11)8-22(18,19)9-12-15-13(16-21-12)17(2)3/h5-7H,4,8-9H2,1-3H3. The molecule has 2 aromatic heterocycles. The van der Waals surface area contributed by atoms with Gasteiger partial charge in [-0.25, -0.2) is 13.4 Å². The van der Waals surface area contributed by atoms with E-state index in [1.54, 1.807) is 31.1 Å². The third-order valence-electron chi connectivity index (χ3n) is 2.68. The van der Waals surface area contributed by atoms with Gasteiger partial charge in [-0.2, -0.15) is 4.98 Å². The van der Waals surface area contributed by atoms with Crippen LogP contribution in [-0.4, -0.2) is 44.2 Å². The number of hydrogen-bond donors (Lipinski definition) is 0. The molecule has 120 valence electrons. The molecule has 0 aliphatic rings. The van der Waals surface area contributed by atoms with E-state index in [0.717, 1.165) is 0 Å². The molecule has 8 nitrogen and oxygen atoms in total. The van der Waals surface area contributed by atoms with E-state index < -0.39 is 9.84 Å². The van der Waals surface area contributed by atoms with Gasteiger partial charge >= 0.3 is 0 Å². The first kappa shape index (κ1) is 16.2. The molecular weight excluding hydrogens is 308 g/mol. The lowest BCUT2D eigenvalue weighted by molar-refractivity contribution is 0.326. The first-order valence-corrected chi connectivity index (χ1v) is 8.50. The van der Waals surface area contributed by atoms with E-state index in [1.165, 1.54) is 6.20 Å². The fraction of sp³-hybridized carbons (Fsp3) is 0.462. The minimum absolute atomic E-state index is 0.0720. The van der Waals surface area contributed by atoms with Crippen LogP contribution in [0, 0.1) is 0 Å². The van der Waals surface area contributed by atoms with Gasteiger partial charge in [0.2, 0.25) is 11.8 Å². The van der Waals surface area contributed by atoms with Crippen LogP contribution in [-0.2, 0) is 21.3 Å².